The third-order valence-corrected chi connectivity index (χ3v) is 6.78. The van der Waals surface area contributed by atoms with Gasteiger partial charge < -0.3 is 0 Å². The smallest absolute Gasteiger partial charge is 0.162 e. The molecule has 2 heteroatoms. The predicted molar refractivity (Wildman–Crippen MR) is 101 cm³/mol. The van der Waals surface area contributed by atoms with E-state index in [1.54, 1.807) is 13.0 Å². The maximum Gasteiger partial charge on any atom is 0.162 e. The SMILES string of the molecule is C/C=C/CC1CCC(C2CCC(c3ccc(C)c(F)c3F)CC2)CC1. The maximum atomic E-state index is 14.3. The average molecular weight is 347 g/mol. The molecule has 1 aromatic rings. The number of aryl methyl sites for hydroxylation is 1. The molecule has 0 amide bonds. The first-order valence-corrected chi connectivity index (χ1v) is 10.2. The Bertz CT molecular complexity index is 588. The van der Waals surface area contributed by atoms with Crippen LogP contribution in [0.4, 0.5) is 8.78 Å². The van der Waals surface area contributed by atoms with Crippen molar-refractivity contribution in [2.75, 3.05) is 0 Å². The Labute approximate surface area is 151 Å². The van der Waals surface area contributed by atoms with Crippen LogP contribution in [0.2, 0.25) is 0 Å². The Morgan fingerprint density at radius 3 is 2.08 bits per heavy atom. The van der Waals surface area contributed by atoms with Crippen LogP contribution in [0, 0.1) is 36.3 Å². The van der Waals surface area contributed by atoms with Gasteiger partial charge in [0.25, 0.3) is 0 Å². The molecular formula is C23H32F2. The van der Waals surface area contributed by atoms with Gasteiger partial charge >= 0.3 is 0 Å². The van der Waals surface area contributed by atoms with E-state index < -0.39 is 11.6 Å². The third-order valence-electron chi connectivity index (χ3n) is 6.78. The van der Waals surface area contributed by atoms with E-state index in [9.17, 15) is 8.78 Å². The van der Waals surface area contributed by atoms with Gasteiger partial charge in [0.05, 0.1) is 0 Å². The standard InChI is InChI=1S/C23H32F2/c1-3-4-5-17-7-9-18(10-8-17)19-11-13-20(14-12-19)21-15-6-16(2)22(24)23(21)25/h3-4,6,15,17-20H,5,7-14H2,1-2H3/b4-3+. The second-order valence-electron chi connectivity index (χ2n) is 8.30. The van der Waals surface area contributed by atoms with Crippen LogP contribution in [-0.2, 0) is 0 Å². The van der Waals surface area contributed by atoms with Crippen molar-refractivity contribution in [1.82, 2.24) is 0 Å². The molecule has 138 valence electrons. The van der Waals surface area contributed by atoms with Crippen LogP contribution in [0.15, 0.2) is 24.3 Å². The number of rotatable bonds is 4. The van der Waals surface area contributed by atoms with E-state index in [-0.39, 0.29) is 5.92 Å². The van der Waals surface area contributed by atoms with Crippen molar-refractivity contribution in [3.63, 3.8) is 0 Å². The largest absolute Gasteiger partial charge is 0.203 e. The first-order chi connectivity index (χ1) is 12.1. The van der Waals surface area contributed by atoms with Crippen molar-refractivity contribution in [2.24, 2.45) is 17.8 Å². The van der Waals surface area contributed by atoms with Gasteiger partial charge in [-0.2, -0.15) is 0 Å². The van der Waals surface area contributed by atoms with Crippen molar-refractivity contribution in [1.29, 1.82) is 0 Å². The van der Waals surface area contributed by atoms with Gasteiger partial charge in [-0.25, -0.2) is 8.78 Å². The van der Waals surface area contributed by atoms with E-state index in [2.05, 4.69) is 19.1 Å². The Balaban J connectivity index is 1.52. The number of benzene rings is 1. The fraction of sp³-hybridized carbons (Fsp3) is 0.652. The van der Waals surface area contributed by atoms with Gasteiger partial charge in [-0.05, 0) is 106 Å². The van der Waals surface area contributed by atoms with Crippen molar-refractivity contribution in [3.8, 4) is 0 Å². The summed E-state index contributed by atoms with van der Waals surface area (Å²) in [5, 5.41) is 0. The molecule has 0 aliphatic heterocycles. The maximum absolute atomic E-state index is 14.3. The average Bonchev–Trinajstić information content (AvgIpc) is 2.65. The number of hydrogen-bond acceptors (Lipinski definition) is 0. The van der Waals surface area contributed by atoms with E-state index in [1.165, 1.54) is 44.9 Å². The Morgan fingerprint density at radius 2 is 1.48 bits per heavy atom. The van der Waals surface area contributed by atoms with E-state index in [4.69, 9.17) is 0 Å². The molecule has 2 aliphatic rings. The summed E-state index contributed by atoms with van der Waals surface area (Å²) < 4.78 is 28.1. The van der Waals surface area contributed by atoms with Gasteiger partial charge in [-0.15, -0.1) is 0 Å². The van der Waals surface area contributed by atoms with Gasteiger partial charge in [0.2, 0.25) is 0 Å². The molecule has 2 saturated carbocycles. The number of halogens is 2. The minimum absolute atomic E-state index is 0.206. The van der Waals surface area contributed by atoms with Gasteiger partial charge in [0.15, 0.2) is 11.6 Å². The monoisotopic (exact) mass is 346 g/mol. The highest BCUT2D eigenvalue weighted by Gasteiger charge is 2.32. The van der Waals surface area contributed by atoms with E-state index in [0.717, 1.165) is 30.6 Å². The molecule has 0 aromatic heterocycles. The molecule has 0 heterocycles. The number of allylic oxidation sites excluding steroid dienone is 2. The molecule has 0 saturated heterocycles. The molecule has 0 nitrogen and oxygen atoms in total. The van der Waals surface area contributed by atoms with Gasteiger partial charge in [0.1, 0.15) is 0 Å². The Hall–Kier alpha value is -1.18. The van der Waals surface area contributed by atoms with Crippen LogP contribution in [-0.4, -0.2) is 0 Å². The highest BCUT2D eigenvalue weighted by molar-refractivity contribution is 5.28. The molecule has 3 rings (SSSR count). The first kappa shape index (κ1) is 18.6. The predicted octanol–water partition coefficient (Wildman–Crippen LogP) is 7.32. The summed E-state index contributed by atoms with van der Waals surface area (Å²) in [5.41, 5.74) is 1.02. The molecule has 1 aromatic carbocycles. The van der Waals surface area contributed by atoms with Crippen molar-refractivity contribution < 1.29 is 8.78 Å². The van der Waals surface area contributed by atoms with Crippen LogP contribution in [0.25, 0.3) is 0 Å². The third kappa shape index (κ3) is 4.33. The summed E-state index contributed by atoms with van der Waals surface area (Å²) in [7, 11) is 0. The minimum atomic E-state index is -0.654. The van der Waals surface area contributed by atoms with Gasteiger partial charge in [-0.3, -0.25) is 0 Å². The molecule has 0 bridgehead atoms. The van der Waals surface area contributed by atoms with Crippen molar-refractivity contribution in [3.05, 3.63) is 47.0 Å². The van der Waals surface area contributed by atoms with E-state index in [1.807, 2.05) is 6.07 Å². The summed E-state index contributed by atoms with van der Waals surface area (Å²) in [4.78, 5) is 0. The zero-order valence-electron chi connectivity index (χ0n) is 15.7. The molecule has 0 unspecified atom stereocenters. The normalized spacial score (nSPS) is 30.7. The zero-order valence-corrected chi connectivity index (χ0v) is 15.7. The summed E-state index contributed by atoms with van der Waals surface area (Å²) in [6.45, 7) is 3.73. The van der Waals surface area contributed by atoms with E-state index >= 15 is 0 Å². The summed E-state index contributed by atoms with van der Waals surface area (Å²) >= 11 is 0. The second kappa shape index (κ2) is 8.47. The highest BCUT2D eigenvalue weighted by atomic mass is 19.2. The molecule has 2 fully saturated rings. The number of hydrogen-bond donors (Lipinski definition) is 0. The minimum Gasteiger partial charge on any atom is -0.203 e. The lowest BCUT2D eigenvalue weighted by molar-refractivity contribution is 0.160. The van der Waals surface area contributed by atoms with Crippen molar-refractivity contribution in [2.45, 2.75) is 77.6 Å². The first-order valence-electron chi connectivity index (χ1n) is 10.2. The van der Waals surface area contributed by atoms with E-state index in [0.29, 0.717) is 11.1 Å². The molecule has 0 N–H and O–H groups in total. The molecule has 0 atom stereocenters. The summed E-state index contributed by atoms with van der Waals surface area (Å²) in [6.07, 6.45) is 15.6. The van der Waals surface area contributed by atoms with Crippen LogP contribution in [0.1, 0.15) is 81.8 Å². The molecule has 0 radical (unpaired) electrons. The highest BCUT2D eigenvalue weighted by Crippen LogP contribution is 2.45. The quantitative estimate of drug-likeness (QED) is 0.501. The van der Waals surface area contributed by atoms with Crippen LogP contribution in [0.5, 0.6) is 0 Å². The van der Waals surface area contributed by atoms with Crippen molar-refractivity contribution >= 4 is 0 Å². The molecule has 0 spiro atoms. The lowest BCUT2D eigenvalue weighted by Crippen LogP contribution is -2.25. The van der Waals surface area contributed by atoms with Crippen LogP contribution >= 0.6 is 0 Å². The fourth-order valence-electron chi connectivity index (χ4n) is 5.10. The molecular weight excluding hydrogens is 314 g/mol. The Morgan fingerprint density at radius 1 is 0.880 bits per heavy atom. The fourth-order valence-corrected chi connectivity index (χ4v) is 5.10. The lowest BCUT2D eigenvalue weighted by Gasteiger charge is -2.38. The second-order valence-corrected chi connectivity index (χ2v) is 8.30. The Kier molecular flexibility index (Phi) is 6.30. The topological polar surface area (TPSA) is 0 Å². The van der Waals surface area contributed by atoms with Gasteiger partial charge in [-0.1, -0.05) is 24.3 Å². The molecule has 25 heavy (non-hydrogen) atoms. The summed E-state index contributed by atoms with van der Waals surface area (Å²) in [6, 6.07) is 3.54. The van der Waals surface area contributed by atoms with Gasteiger partial charge in [0, 0.05) is 0 Å². The van der Waals surface area contributed by atoms with Crippen LogP contribution < -0.4 is 0 Å². The van der Waals surface area contributed by atoms with Crippen LogP contribution in [0.3, 0.4) is 0 Å². The lowest BCUT2D eigenvalue weighted by atomic mass is 9.68. The zero-order chi connectivity index (χ0) is 17.8. The molecule has 2 aliphatic carbocycles. The summed E-state index contributed by atoms with van der Waals surface area (Å²) in [5.74, 6) is 1.50.